The van der Waals surface area contributed by atoms with Crippen molar-refractivity contribution in [1.82, 2.24) is 0 Å². The normalized spacial score (nSPS) is 16.7. The van der Waals surface area contributed by atoms with Gasteiger partial charge in [0, 0.05) is 0 Å². The zero-order valence-corrected chi connectivity index (χ0v) is 23.8. The second-order valence-corrected chi connectivity index (χ2v) is 22.9. The first-order valence-corrected chi connectivity index (χ1v) is 18.3. The van der Waals surface area contributed by atoms with Crippen molar-refractivity contribution in [3.63, 3.8) is 0 Å². The molecule has 0 bridgehead atoms. The van der Waals surface area contributed by atoms with Crippen molar-refractivity contribution in [2.24, 2.45) is 0 Å². The van der Waals surface area contributed by atoms with Gasteiger partial charge in [-0.05, 0) is 0 Å². The van der Waals surface area contributed by atoms with Gasteiger partial charge in [0.2, 0.25) is 0 Å². The number of halogens is 8. The van der Waals surface area contributed by atoms with Gasteiger partial charge in [-0.25, -0.2) is 0 Å². The Hall–Kier alpha value is -4.01. The predicted octanol–water partition coefficient (Wildman–Crippen LogP) is 7.46. The summed E-state index contributed by atoms with van der Waals surface area (Å²) in [6.07, 6.45) is 10.9. The molecule has 0 aliphatic heterocycles. The Labute approximate surface area is 240 Å². The van der Waals surface area contributed by atoms with E-state index in [1.165, 1.54) is 48.6 Å². The second-order valence-electron chi connectivity index (χ2n) is 11.1. The van der Waals surface area contributed by atoms with Gasteiger partial charge in [-0.1, -0.05) is 0 Å². The van der Waals surface area contributed by atoms with Crippen molar-refractivity contribution in [2.75, 3.05) is 0 Å². The first kappa shape index (κ1) is 29.1. The minimum atomic E-state index is -8.46. The summed E-state index contributed by atoms with van der Waals surface area (Å²) >= 11 is -8.46. The van der Waals surface area contributed by atoms with E-state index in [1.807, 2.05) is 0 Å². The molecule has 0 fully saturated rings. The molecule has 0 saturated heterocycles. The maximum atomic E-state index is 17.0. The van der Waals surface area contributed by atoms with Crippen LogP contribution in [0.2, 0.25) is 8.45 Å². The van der Waals surface area contributed by atoms with Crippen LogP contribution in [0.3, 0.4) is 0 Å². The molecular weight excluding hydrogens is 608 g/mol. The summed E-state index contributed by atoms with van der Waals surface area (Å²) in [5, 5.41) is 0. The van der Waals surface area contributed by atoms with Crippen molar-refractivity contribution in [2.45, 2.75) is 8.45 Å². The van der Waals surface area contributed by atoms with E-state index in [2.05, 4.69) is 0 Å². The standard InChI is InChI=1S/4C6H3F2.2C5H5.Ti/c2*7-5-1-2-6(8)4-3-5;2*7-5-2-1-3-6(8)4-5;2*1-2-4-5-3-1;/h4*1-3H;2*1-5H;. The molecule has 4 aromatic carbocycles. The van der Waals surface area contributed by atoms with Crippen LogP contribution in [0.5, 0.6) is 0 Å². The Morgan fingerprint density at radius 1 is 0.395 bits per heavy atom. The van der Waals surface area contributed by atoms with Crippen LogP contribution < -0.4 is 15.5 Å². The van der Waals surface area contributed by atoms with Crippen molar-refractivity contribution < 1.29 is 49.1 Å². The molecule has 0 heterocycles. The molecule has 0 amide bonds. The van der Waals surface area contributed by atoms with Gasteiger partial charge >= 0.3 is 241 Å². The van der Waals surface area contributed by atoms with E-state index in [4.69, 9.17) is 0 Å². The Morgan fingerprint density at radius 3 is 1.05 bits per heavy atom. The summed E-state index contributed by atoms with van der Waals surface area (Å²) < 4.78 is 126. The molecule has 2 aliphatic rings. The summed E-state index contributed by atoms with van der Waals surface area (Å²) in [4.78, 5) is 0. The number of hydrogen-bond donors (Lipinski definition) is 0. The monoisotopic (exact) mass is 630 g/mol. The number of hydrogen-bond acceptors (Lipinski definition) is 0. The molecule has 0 unspecified atom stereocenters. The third kappa shape index (κ3) is 3.20. The van der Waals surface area contributed by atoms with E-state index < -0.39 is 84.5 Å². The van der Waals surface area contributed by atoms with Crippen LogP contribution in [0.1, 0.15) is 0 Å². The van der Waals surface area contributed by atoms with Crippen molar-refractivity contribution in [1.29, 1.82) is 0 Å². The van der Waals surface area contributed by atoms with Crippen LogP contribution in [0.15, 0.2) is 121 Å². The van der Waals surface area contributed by atoms with E-state index in [0.717, 1.165) is 48.5 Å². The average molecular weight is 630 g/mol. The van der Waals surface area contributed by atoms with Gasteiger partial charge in [0.25, 0.3) is 0 Å². The van der Waals surface area contributed by atoms with Crippen LogP contribution in [0.25, 0.3) is 0 Å². The molecular formula is C34H22F8Ti. The van der Waals surface area contributed by atoms with Gasteiger partial charge in [0.05, 0.1) is 0 Å². The van der Waals surface area contributed by atoms with Gasteiger partial charge in [-0.2, -0.15) is 0 Å². The molecule has 4 aromatic rings. The third-order valence-corrected chi connectivity index (χ3v) is 27.6. The van der Waals surface area contributed by atoms with Crippen molar-refractivity contribution in [3.8, 4) is 0 Å². The fraction of sp³-hybridized carbons (Fsp3) is 0.0588. The quantitative estimate of drug-likeness (QED) is 0.153. The van der Waals surface area contributed by atoms with Crippen molar-refractivity contribution in [3.05, 3.63) is 168 Å². The van der Waals surface area contributed by atoms with Crippen LogP contribution in [-0.4, -0.2) is 0 Å². The molecule has 9 heteroatoms. The molecule has 43 heavy (non-hydrogen) atoms. The van der Waals surface area contributed by atoms with Gasteiger partial charge in [0.1, 0.15) is 0 Å². The number of rotatable bonds is 6. The molecule has 2 aliphatic carbocycles. The van der Waals surface area contributed by atoms with Crippen LogP contribution in [0.4, 0.5) is 35.1 Å². The fourth-order valence-corrected chi connectivity index (χ4v) is 28.2. The maximum absolute atomic E-state index is 17.0. The zero-order chi connectivity index (χ0) is 30.6. The van der Waals surface area contributed by atoms with E-state index in [1.54, 1.807) is 0 Å². The Bertz CT molecular complexity index is 1730. The zero-order valence-electron chi connectivity index (χ0n) is 22.2. The first-order valence-electron chi connectivity index (χ1n) is 13.4. The van der Waals surface area contributed by atoms with Gasteiger partial charge < -0.3 is 0 Å². The van der Waals surface area contributed by atoms with Gasteiger partial charge in [-0.3, -0.25) is 0 Å². The molecule has 0 nitrogen and oxygen atoms in total. The molecule has 0 atom stereocenters. The van der Waals surface area contributed by atoms with E-state index in [0.29, 0.717) is 24.3 Å². The van der Waals surface area contributed by atoms with Crippen LogP contribution >= 0.6 is 0 Å². The van der Waals surface area contributed by atoms with Gasteiger partial charge in [-0.15, -0.1) is 0 Å². The summed E-state index contributed by atoms with van der Waals surface area (Å²) in [6.45, 7) is 0. The summed E-state index contributed by atoms with van der Waals surface area (Å²) in [6, 6.07) is 9.21. The predicted molar refractivity (Wildman–Crippen MR) is 148 cm³/mol. The molecule has 218 valence electrons. The second kappa shape index (κ2) is 9.76. The Balaban J connectivity index is 2.25. The number of benzene rings is 4. The van der Waals surface area contributed by atoms with Gasteiger partial charge in [0.15, 0.2) is 0 Å². The summed E-state index contributed by atoms with van der Waals surface area (Å²) in [5.41, 5.74) is 0. The van der Waals surface area contributed by atoms with Crippen molar-refractivity contribution >= 4 is 15.5 Å². The average Bonchev–Trinajstić information content (AvgIpc) is 3.71. The van der Waals surface area contributed by atoms with E-state index >= 15 is 35.1 Å². The van der Waals surface area contributed by atoms with E-state index in [9.17, 15) is 0 Å². The Morgan fingerprint density at radius 2 is 0.721 bits per heavy atom. The molecule has 0 aromatic heterocycles. The third-order valence-electron chi connectivity index (χ3n) is 9.75. The summed E-state index contributed by atoms with van der Waals surface area (Å²) in [7, 11) is 0. The first-order chi connectivity index (χ1) is 20.6. The molecule has 0 N–H and O–H groups in total. The fourth-order valence-electron chi connectivity index (χ4n) is 8.55. The molecule has 0 radical (unpaired) electrons. The minimum absolute atomic E-state index is 0.613. The molecule has 6 rings (SSSR count). The SMILES string of the molecule is Fc1ccc(F)[c]([Ti]([c]2cc(F)ccc2F)([c]2c(F)cccc2F)([c]2c(F)cccc2F)([CH]2C=CC=C2)[CH]2C=CC=C2)c1. The topological polar surface area (TPSA) is 0 Å². The van der Waals surface area contributed by atoms with Crippen LogP contribution in [0, 0.1) is 46.5 Å². The molecule has 0 saturated carbocycles. The summed E-state index contributed by atoms with van der Waals surface area (Å²) in [5.74, 6) is -10.5. The van der Waals surface area contributed by atoms with E-state index in [-0.39, 0.29) is 0 Å². The molecule has 0 spiro atoms. The number of allylic oxidation sites excluding steroid dienone is 8. The van der Waals surface area contributed by atoms with Crippen LogP contribution in [-0.2, 0) is 14.0 Å². The Kier molecular flexibility index (Phi) is 6.60.